The van der Waals surface area contributed by atoms with Crippen LogP contribution in [0.4, 0.5) is 0 Å². The highest BCUT2D eigenvalue weighted by molar-refractivity contribution is 7.89. The molecule has 1 amide bonds. The molecule has 0 bridgehead atoms. The van der Waals surface area contributed by atoms with Gasteiger partial charge in [-0.15, -0.1) is 0 Å². The summed E-state index contributed by atoms with van der Waals surface area (Å²) in [5.74, 6) is 0.918. The first-order valence-corrected chi connectivity index (χ1v) is 10.3. The van der Waals surface area contributed by atoms with Crippen molar-refractivity contribution < 1.29 is 13.2 Å². The predicted molar refractivity (Wildman–Crippen MR) is 102 cm³/mol. The van der Waals surface area contributed by atoms with Gasteiger partial charge in [0.15, 0.2) is 0 Å². The topological polar surface area (TPSA) is 57.7 Å². The minimum Gasteiger partial charge on any atom is -0.339 e. The number of carbonyl (C=O) groups excluding carboxylic acids is 1. The van der Waals surface area contributed by atoms with Crippen molar-refractivity contribution in [3.05, 3.63) is 29.8 Å². The number of amides is 1. The van der Waals surface area contributed by atoms with Crippen molar-refractivity contribution in [1.29, 1.82) is 0 Å². The van der Waals surface area contributed by atoms with Gasteiger partial charge in [-0.1, -0.05) is 33.8 Å². The van der Waals surface area contributed by atoms with E-state index in [1.165, 1.54) is 26.2 Å². The standard InChI is InChI=1S/C19H32N2O3S/c1-15(2)10-12-21(13-11-16(3)4)19(22)17-8-7-9-18(14-17)25(23,24)20(5)6/h7-9,14-16H,10-13H2,1-6H3. The summed E-state index contributed by atoms with van der Waals surface area (Å²) in [6.07, 6.45) is 1.86. The van der Waals surface area contributed by atoms with Gasteiger partial charge in [0.2, 0.25) is 10.0 Å². The highest BCUT2D eigenvalue weighted by Gasteiger charge is 2.21. The molecule has 0 aromatic heterocycles. The van der Waals surface area contributed by atoms with Crippen LogP contribution in [0.5, 0.6) is 0 Å². The average molecular weight is 369 g/mol. The largest absolute Gasteiger partial charge is 0.339 e. The third-order valence-electron chi connectivity index (χ3n) is 4.10. The lowest BCUT2D eigenvalue weighted by Gasteiger charge is -2.25. The number of rotatable bonds is 9. The molecule has 0 aliphatic rings. The van der Waals surface area contributed by atoms with Gasteiger partial charge in [0.05, 0.1) is 4.90 Å². The van der Waals surface area contributed by atoms with Crippen molar-refractivity contribution in [1.82, 2.24) is 9.21 Å². The third kappa shape index (κ3) is 6.44. The van der Waals surface area contributed by atoms with E-state index in [9.17, 15) is 13.2 Å². The zero-order chi connectivity index (χ0) is 19.2. The summed E-state index contributed by atoms with van der Waals surface area (Å²) in [4.78, 5) is 14.9. The van der Waals surface area contributed by atoms with E-state index >= 15 is 0 Å². The van der Waals surface area contributed by atoms with E-state index in [-0.39, 0.29) is 10.8 Å². The monoisotopic (exact) mass is 368 g/mol. The summed E-state index contributed by atoms with van der Waals surface area (Å²) in [7, 11) is -0.572. The van der Waals surface area contributed by atoms with Gasteiger partial charge in [-0.25, -0.2) is 12.7 Å². The number of sulfonamides is 1. The van der Waals surface area contributed by atoms with E-state index in [1.54, 1.807) is 12.1 Å². The second-order valence-electron chi connectivity index (χ2n) is 7.47. The van der Waals surface area contributed by atoms with Gasteiger partial charge >= 0.3 is 0 Å². The Morgan fingerprint density at radius 3 is 1.96 bits per heavy atom. The molecule has 0 fully saturated rings. The molecule has 25 heavy (non-hydrogen) atoms. The Kier molecular flexibility index (Phi) is 8.09. The van der Waals surface area contributed by atoms with Crippen molar-refractivity contribution in [3.8, 4) is 0 Å². The summed E-state index contributed by atoms with van der Waals surface area (Å²) >= 11 is 0. The second-order valence-corrected chi connectivity index (χ2v) is 9.62. The van der Waals surface area contributed by atoms with Crippen LogP contribution in [0.15, 0.2) is 29.2 Å². The predicted octanol–water partition coefficient (Wildman–Crippen LogP) is 3.47. The van der Waals surface area contributed by atoms with Crippen LogP contribution >= 0.6 is 0 Å². The van der Waals surface area contributed by atoms with Crippen LogP contribution in [-0.4, -0.2) is 50.7 Å². The molecule has 5 nitrogen and oxygen atoms in total. The highest BCUT2D eigenvalue weighted by atomic mass is 32.2. The molecule has 0 saturated heterocycles. The molecule has 0 heterocycles. The van der Waals surface area contributed by atoms with Crippen LogP contribution in [0.25, 0.3) is 0 Å². The zero-order valence-electron chi connectivity index (χ0n) is 16.3. The molecule has 1 aromatic rings. The fraction of sp³-hybridized carbons (Fsp3) is 0.632. The molecule has 1 aromatic carbocycles. The maximum Gasteiger partial charge on any atom is 0.253 e. The van der Waals surface area contributed by atoms with E-state index < -0.39 is 10.0 Å². The average Bonchev–Trinajstić information content (AvgIpc) is 2.53. The van der Waals surface area contributed by atoms with E-state index in [0.29, 0.717) is 30.5 Å². The first-order valence-electron chi connectivity index (χ1n) is 8.87. The van der Waals surface area contributed by atoms with Crippen LogP contribution < -0.4 is 0 Å². The number of hydrogen-bond donors (Lipinski definition) is 0. The van der Waals surface area contributed by atoms with E-state index in [0.717, 1.165) is 17.1 Å². The summed E-state index contributed by atoms with van der Waals surface area (Å²) in [5, 5.41) is 0. The lowest BCUT2D eigenvalue weighted by molar-refractivity contribution is 0.0740. The van der Waals surface area contributed by atoms with Crippen molar-refractivity contribution in [2.75, 3.05) is 27.2 Å². The van der Waals surface area contributed by atoms with Gasteiger partial charge in [0.25, 0.3) is 5.91 Å². The van der Waals surface area contributed by atoms with Crippen molar-refractivity contribution in [2.45, 2.75) is 45.4 Å². The first-order chi connectivity index (χ1) is 11.6. The minimum atomic E-state index is -3.55. The molecule has 0 N–H and O–H groups in total. The number of hydrogen-bond acceptors (Lipinski definition) is 3. The van der Waals surface area contributed by atoms with E-state index in [1.807, 2.05) is 4.90 Å². The van der Waals surface area contributed by atoms with Gasteiger partial charge in [0, 0.05) is 32.7 Å². The molecule has 6 heteroatoms. The van der Waals surface area contributed by atoms with Crippen molar-refractivity contribution in [2.24, 2.45) is 11.8 Å². The molecular weight excluding hydrogens is 336 g/mol. The maximum absolute atomic E-state index is 12.9. The van der Waals surface area contributed by atoms with Crippen LogP contribution in [0.3, 0.4) is 0 Å². The second kappa shape index (κ2) is 9.34. The molecular formula is C19H32N2O3S. The summed E-state index contributed by atoms with van der Waals surface area (Å²) in [5.41, 5.74) is 0.426. The molecule has 0 aliphatic carbocycles. The Balaban J connectivity index is 3.07. The fourth-order valence-electron chi connectivity index (χ4n) is 2.33. The van der Waals surface area contributed by atoms with Crippen LogP contribution in [0.2, 0.25) is 0 Å². The summed E-state index contributed by atoms with van der Waals surface area (Å²) in [6, 6.07) is 6.33. The highest BCUT2D eigenvalue weighted by Crippen LogP contribution is 2.17. The van der Waals surface area contributed by atoms with Crippen LogP contribution in [0, 0.1) is 11.8 Å². The Labute approximate surface area is 153 Å². The molecule has 0 aliphatic heterocycles. The smallest absolute Gasteiger partial charge is 0.253 e. The normalized spacial score (nSPS) is 12.2. The Bertz CT molecular complexity index is 655. The molecule has 0 unspecified atom stereocenters. The zero-order valence-corrected chi connectivity index (χ0v) is 17.1. The van der Waals surface area contributed by atoms with Crippen molar-refractivity contribution >= 4 is 15.9 Å². The van der Waals surface area contributed by atoms with E-state index in [2.05, 4.69) is 27.7 Å². The molecule has 0 radical (unpaired) electrons. The molecule has 0 atom stereocenters. The lowest BCUT2D eigenvalue weighted by Crippen LogP contribution is -2.34. The number of benzene rings is 1. The van der Waals surface area contributed by atoms with Crippen molar-refractivity contribution in [3.63, 3.8) is 0 Å². The Morgan fingerprint density at radius 1 is 1.00 bits per heavy atom. The quantitative estimate of drug-likeness (QED) is 0.670. The first kappa shape index (κ1) is 21.6. The molecule has 0 saturated carbocycles. The number of carbonyl (C=O) groups is 1. The van der Waals surface area contributed by atoms with Crippen LogP contribution in [-0.2, 0) is 10.0 Å². The molecule has 142 valence electrons. The summed E-state index contributed by atoms with van der Waals surface area (Å²) < 4.78 is 25.8. The maximum atomic E-state index is 12.9. The molecule has 1 rings (SSSR count). The summed E-state index contributed by atoms with van der Waals surface area (Å²) in [6.45, 7) is 9.91. The number of nitrogens with zero attached hydrogens (tertiary/aromatic N) is 2. The SMILES string of the molecule is CC(C)CCN(CCC(C)C)C(=O)c1cccc(S(=O)(=O)N(C)C)c1. The fourth-order valence-corrected chi connectivity index (χ4v) is 3.27. The lowest BCUT2D eigenvalue weighted by atomic mass is 10.1. The van der Waals surface area contributed by atoms with Gasteiger partial charge in [-0.2, -0.15) is 0 Å². The van der Waals surface area contributed by atoms with Gasteiger partial charge in [-0.05, 0) is 42.9 Å². The van der Waals surface area contributed by atoms with Gasteiger partial charge < -0.3 is 4.90 Å². The van der Waals surface area contributed by atoms with Gasteiger partial charge in [0.1, 0.15) is 0 Å². The van der Waals surface area contributed by atoms with Crippen LogP contribution in [0.1, 0.15) is 50.9 Å². The molecule has 0 spiro atoms. The Hall–Kier alpha value is -1.40. The Morgan fingerprint density at radius 2 is 1.52 bits per heavy atom. The van der Waals surface area contributed by atoms with E-state index in [4.69, 9.17) is 0 Å². The third-order valence-corrected chi connectivity index (χ3v) is 5.91. The van der Waals surface area contributed by atoms with Gasteiger partial charge in [-0.3, -0.25) is 4.79 Å². The minimum absolute atomic E-state index is 0.0999.